The van der Waals surface area contributed by atoms with Crippen molar-refractivity contribution >= 4 is 5.91 Å². The van der Waals surface area contributed by atoms with Crippen LogP contribution in [-0.2, 0) is 24.3 Å². The van der Waals surface area contributed by atoms with Crippen molar-refractivity contribution in [2.24, 2.45) is 0 Å². The molecule has 8 heteroatoms. The van der Waals surface area contributed by atoms with Gasteiger partial charge in [-0.1, -0.05) is 67.5 Å². The minimum atomic E-state index is -0.0577. The first-order valence-electron chi connectivity index (χ1n) is 10.7. The van der Waals surface area contributed by atoms with Crippen LogP contribution in [0.15, 0.2) is 65.7 Å². The van der Waals surface area contributed by atoms with E-state index in [-0.39, 0.29) is 12.3 Å². The molecule has 0 saturated carbocycles. The van der Waals surface area contributed by atoms with Crippen molar-refractivity contribution in [2.45, 2.75) is 45.7 Å². The van der Waals surface area contributed by atoms with E-state index in [0.29, 0.717) is 37.1 Å². The molecule has 32 heavy (non-hydrogen) atoms. The number of aryl methyl sites for hydroxylation is 1. The molecular formula is C24H26N6O2. The van der Waals surface area contributed by atoms with E-state index in [9.17, 15) is 4.79 Å². The molecule has 0 fully saturated rings. The van der Waals surface area contributed by atoms with Crippen molar-refractivity contribution in [3.8, 4) is 11.4 Å². The summed E-state index contributed by atoms with van der Waals surface area (Å²) in [7, 11) is 0. The minimum absolute atomic E-state index is 0.0577. The molecule has 0 atom stereocenters. The van der Waals surface area contributed by atoms with Crippen LogP contribution in [0.3, 0.4) is 0 Å². The normalized spacial score (nSPS) is 11.1. The lowest BCUT2D eigenvalue weighted by Gasteiger charge is -2.06. The molecule has 1 amide bonds. The number of aromatic nitrogens is 5. The Hall–Kier alpha value is -3.81. The van der Waals surface area contributed by atoms with Gasteiger partial charge < -0.3 is 9.84 Å². The molecule has 0 spiro atoms. The Balaban J connectivity index is 1.23. The number of hydrogen-bond donors (Lipinski definition) is 1. The molecule has 2 heterocycles. The van der Waals surface area contributed by atoms with E-state index in [0.717, 1.165) is 16.7 Å². The zero-order valence-corrected chi connectivity index (χ0v) is 18.2. The van der Waals surface area contributed by atoms with Gasteiger partial charge in [-0.25, -0.2) is 9.67 Å². The smallest absolute Gasteiger partial charge is 0.227 e. The van der Waals surface area contributed by atoms with E-state index >= 15 is 0 Å². The number of benzene rings is 2. The first-order valence-corrected chi connectivity index (χ1v) is 10.7. The fraction of sp³-hybridized carbons (Fsp3) is 0.292. The molecule has 2 aromatic carbocycles. The molecular weight excluding hydrogens is 404 g/mol. The average Bonchev–Trinajstić information content (AvgIpc) is 3.49. The molecule has 0 aliphatic rings. The van der Waals surface area contributed by atoms with Crippen LogP contribution in [0.25, 0.3) is 11.4 Å². The van der Waals surface area contributed by atoms with Gasteiger partial charge in [0, 0.05) is 24.9 Å². The summed E-state index contributed by atoms with van der Waals surface area (Å²) >= 11 is 0. The van der Waals surface area contributed by atoms with E-state index in [2.05, 4.69) is 51.5 Å². The van der Waals surface area contributed by atoms with Crippen LogP contribution >= 0.6 is 0 Å². The summed E-state index contributed by atoms with van der Waals surface area (Å²) in [6.45, 7) is 5.45. The zero-order chi connectivity index (χ0) is 22.3. The lowest BCUT2D eigenvalue weighted by atomic mass is 10.0. The first kappa shape index (κ1) is 21.4. The summed E-state index contributed by atoms with van der Waals surface area (Å²) in [6.07, 6.45) is 3.89. The number of hydrogen-bond acceptors (Lipinski definition) is 6. The highest BCUT2D eigenvalue weighted by molar-refractivity contribution is 5.76. The van der Waals surface area contributed by atoms with Crippen LogP contribution in [0.4, 0.5) is 0 Å². The van der Waals surface area contributed by atoms with Crippen LogP contribution in [0.5, 0.6) is 0 Å². The number of carbonyl (C=O) groups excluding carboxylic acids is 1. The Morgan fingerprint density at radius 2 is 1.81 bits per heavy atom. The highest BCUT2D eigenvalue weighted by Gasteiger charge is 2.11. The van der Waals surface area contributed by atoms with Crippen LogP contribution in [-0.4, -0.2) is 30.8 Å². The van der Waals surface area contributed by atoms with Crippen molar-refractivity contribution in [3.63, 3.8) is 0 Å². The SMILES string of the molecule is CC(C)c1ccc(-c2noc(CCC(=O)NCc3ccc(Cn4cncn4)cc3)n2)cc1. The number of carbonyl (C=O) groups is 1. The van der Waals surface area contributed by atoms with Gasteiger partial charge in [0.15, 0.2) is 0 Å². The van der Waals surface area contributed by atoms with Gasteiger partial charge >= 0.3 is 0 Å². The molecule has 0 bridgehead atoms. The highest BCUT2D eigenvalue weighted by Crippen LogP contribution is 2.20. The maximum absolute atomic E-state index is 12.2. The molecule has 164 valence electrons. The lowest BCUT2D eigenvalue weighted by Crippen LogP contribution is -2.23. The largest absolute Gasteiger partial charge is 0.352 e. The van der Waals surface area contributed by atoms with Gasteiger partial charge in [0.1, 0.15) is 12.7 Å². The molecule has 8 nitrogen and oxygen atoms in total. The Bertz CT molecular complexity index is 1130. The standard InChI is InChI=1S/C24H26N6O2/c1-17(2)20-7-9-21(10-8-20)24-28-23(32-29-24)12-11-22(31)26-13-18-3-5-19(6-4-18)14-30-16-25-15-27-30/h3-10,15-17H,11-14H2,1-2H3,(H,26,31). The third kappa shape index (κ3) is 5.66. The van der Waals surface area contributed by atoms with E-state index in [1.165, 1.54) is 11.9 Å². The number of rotatable bonds is 9. The Labute approximate surface area is 186 Å². The van der Waals surface area contributed by atoms with Gasteiger partial charge in [-0.2, -0.15) is 10.1 Å². The van der Waals surface area contributed by atoms with Crippen LogP contribution < -0.4 is 5.32 Å². The highest BCUT2D eigenvalue weighted by atomic mass is 16.5. The Morgan fingerprint density at radius 1 is 1.06 bits per heavy atom. The number of amides is 1. The molecule has 0 saturated heterocycles. The zero-order valence-electron chi connectivity index (χ0n) is 18.2. The van der Waals surface area contributed by atoms with Gasteiger partial charge in [0.2, 0.25) is 17.6 Å². The van der Waals surface area contributed by atoms with Crippen molar-refractivity contribution in [2.75, 3.05) is 0 Å². The van der Waals surface area contributed by atoms with Gasteiger partial charge in [0.05, 0.1) is 6.54 Å². The van der Waals surface area contributed by atoms with Crippen molar-refractivity contribution in [1.29, 1.82) is 0 Å². The third-order valence-electron chi connectivity index (χ3n) is 5.19. The molecule has 0 aliphatic carbocycles. The molecule has 2 aromatic heterocycles. The second-order valence-electron chi connectivity index (χ2n) is 7.97. The average molecular weight is 431 g/mol. The molecule has 4 rings (SSSR count). The van der Waals surface area contributed by atoms with Gasteiger partial charge in [0.25, 0.3) is 0 Å². The summed E-state index contributed by atoms with van der Waals surface area (Å²) in [5, 5.41) is 11.1. The van der Waals surface area contributed by atoms with Gasteiger partial charge in [-0.3, -0.25) is 4.79 Å². The molecule has 0 radical (unpaired) electrons. The summed E-state index contributed by atoms with van der Waals surface area (Å²) in [6, 6.07) is 16.2. The van der Waals surface area contributed by atoms with E-state index < -0.39 is 0 Å². The van der Waals surface area contributed by atoms with Crippen molar-refractivity contribution in [1.82, 2.24) is 30.2 Å². The van der Waals surface area contributed by atoms with Gasteiger partial charge in [-0.15, -0.1) is 0 Å². The monoisotopic (exact) mass is 430 g/mol. The Kier molecular flexibility index (Phi) is 6.69. The minimum Gasteiger partial charge on any atom is -0.352 e. The van der Waals surface area contributed by atoms with Crippen molar-refractivity contribution in [3.05, 3.63) is 83.8 Å². The van der Waals surface area contributed by atoms with Crippen LogP contribution in [0, 0.1) is 0 Å². The van der Waals surface area contributed by atoms with E-state index in [4.69, 9.17) is 4.52 Å². The topological polar surface area (TPSA) is 98.7 Å². The predicted molar refractivity (Wildman–Crippen MR) is 120 cm³/mol. The molecule has 1 N–H and O–H groups in total. The van der Waals surface area contributed by atoms with E-state index in [1.54, 1.807) is 11.0 Å². The molecule has 0 aliphatic heterocycles. The summed E-state index contributed by atoms with van der Waals surface area (Å²) < 4.78 is 7.08. The Morgan fingerprint density at radius 3 is 2.50 bits per heavy atom. The summed E-state index contributed by atoms with van der Waals surface area (Å²) in [5.74, 6) is 1.42. The van der Waals surface area contributed by atoms with Crippen LogP contribution in [0.2, 0.25) is 0 Å². The number of nitrogens with one attached hydrogen (secondary N) is 1. The fourth-order valence-corrected chi connectivity index (χ4v) is 3.26. The maximum atomic E-state index is 12.2. The maximum Gasteiger partial charge on any atom is 0.227 e. The first-order chi connectivity index (χ1) is 15.6. The second kappa shape index (κ2) is 10.00. The quantitative estimate of drug-likeness (QED) is 0.434. The van der Waals surface area contributed by atoms with Crippen LogP contribution in [0.1, 0.15) is 48.8 Å². The number of nitrogens with zero attached hydrogens (tertiary/aromatic N) is 5. The lowest BCUT2D eigenvalue weighted by molar-refractivity contribution is -0.121. The molecule has 0 unspecified atom stereocenters. The summed E-state index contributed by atoms with van der Waals surface area (Å²) in [5.41, 5.74) is 4.32. The van der Waals surface area contributed by atoms with Crippen molar-refractivity contribution < 1.29 is 9.32 Å². The third-order valence-corrected chi connectivity index (χ3v) is 5.19. The predicted octanol–water partition coefficient (Wildman–Crippen LogP) is 3.75. The second-order valence-corrected chi connectivity index (χ2v) is 7.97. The molecule has 4 aromatic rings. The summed E-state index contributed by atoms with van der Waals surface area (Å²) in [4.78, 5) is 20.6. The van der Waals surface area contributed by atoms with E-state index in [1.807, 2.05) is 36.4 Å². The van der Waals surface area contributed by atoms with Gasteiger partial charge in [-0.05, 0) is 22.6 Å². The fourth-order valence-electron chi connectivity index (χ4n) is 3.26.